The molecule has 1 aromatic heterocycles. The minimum Gasteiger partial charge on any atom is -0.497 e. The van der Waals surface area contributed by atoms with Gasteiger partial charge in [-0.05, 0) is 50.2 Å². The lowest BCUT2D eigenvalue weighted by Gasteiger charge is -2.10. The predicted octanol–water partition coefficient (Wildman–Crippen LogP) is 4.59. The van der Waals surface area contributed by atoms with E-state index in [2.05, 4.69) is 39.7 Å². The summed E-state index contributed by atoms with van der Waals surface area (Å²) in [5, 5.41) is 6.52. The first-order valence-corrected chi connectivity index (χ1v) is 7.73. The Morgan fingerprint density at radius 1 is 0.792 bits per heavy atom. The van der Waals surface area contributed by atoms with Crippen molar-refractivity contribution in [3.63, 3.8) is 0 Å². The highest BCUT2D eigenvalue weighted by atomic mass is 16.5. The minimum atomic E-state index is 0.565. The van der Waals surface area contributed by atoms with E-state index in [0.717, 1.165) is 28.6 Å². The molecule has 2 aromatic carbocycles. The summed E-state index contributed by atoms with van der Waals surface area (Å²) in [5.74, 6) is 2.12. The Morgan fingerprint density at radius 2 is 1.42 bits per heavy atom. The van der Waals surface area contributed by atoms with Gasteiger partial charge in [0.05, 0.1) is 7.11 Å². The number of nitrogens with one attached hydrogen (secondary N) is 2. The Labute approximate surface area is 141 Å². The molecule has 5 nitrogen and oxygen atoms in total. The standard InChI is InChI=1S/C19H20N4O/c1-13-4-6-16(7-5-13)22-19-20-14(2)12-18(23-19)21-15-8-10-17(24-3)11-9-15/h4-12H,1-3H3,(H2,20,21,22,23). The number of benzene rings is 2. The third kappa shape index (κ3) is 4.01. The van der Waals surface area contributed by atoms with Crippen LogP contribution in [0.1, 0.15) is 11.3 Å². The number of ether oxygens (including phenoxy) is 1. The number of anilines is 4. The average molecular weight is 320 g/mol. The molecule has 0 aliphatic carbocycles. The van der Waals surface area contributed by atoms with Crippen molar-refractivity contribution in [3.8, 4) is 5.75 Å². The second-order valence-electron chi connectivity index (χ2n) is 5.56. The third-order valence-electron chi connectivity index (χ3n) is 3.52. The van der Waals surface area contributed by atoms with Gasteiger partial charge in [-0.25, -0.2) is 4.98 Å². The molecule has 0 radical (unpaired) electrons. The first kappa shape index (κ1) is 15.8. The zero-order chi connectivity index (χ0) is 16.9. The van der Waals surface area contributed by atoms with E-state index in [1.54, 1.807) is 7.11 Å². The monoisotopic (exact) mass is 320 g/mol. The molecule has 122 valence electrons. The van der Waals surface area contributed by atoms with Gasteiger partial charge in [0.25, 0.3) is 0 Å². The number of methoxy groups -OCH3 is 1. The largest absolute Gasteiger partial charge is 0.497 e. The fourth-order valence-corrected chi connectivity index (χ4v) is 2.28. The second kappa shape index (κ2) is 7.00. The van der Waals surface area contributed by atoms with Crippen molar-refractivity contribution in [2.75, 3.05) is 17.7 Å². The van der Waals surface area contributed by atoms with E-state index in [0.29, 0.717) is 5.95 Å². The lowest BCUT2D eigenvalue weighted by molar-refractivity contribution is 0.415. The van der Waals surface area contributed by atoms with Crippen LogP contribution >= 0.6 is 0 Å². The number of nitrogens with zero attached hydrogens (tertiary/aromatic N) is 2. The molecular weight excluding hydrogens is 300 g/mol. The summed E-state index contributed by atoms with van der Waals surface area (Å²) in [6, 6.07) is 17.7. The van der Waals surface area contributed by atoms with Crippen molar-refractivity contribution in [1.29, 1.82) is 0 Å². The van der Waals surface area contributed by atoms with Crippen molar-refractivity contribution in [1.82, 2.24) is 9.97 Å². The van der Waals surface area contributed by atoms with Gasteiger partial charge in [-0.3, -0.25) is 0 Å². The van der Waals surface area contributed by atoms with Crippen LogP contribution in [-0.2, 0) is 0 Å². The van der Waals surface area contributed by atoms with E-state index in [-0.39, 0.29) is 0 Å². The van der Waals surface area contributed by atoms with Crippen LogP contribution in [0.25, 0.3) is 0 Å². The molecule has 3 rings (SSSR count). The van der Waals surface area contributed by atoms with E-state index >= 15 is 0 Å². The fourth-order valence-electron chi connectivity index (χ4n) is 2.28. The maximum Gasteiger partial charge on any atom is 0.229 e. The quantitative estimate of drug-likeness (QED) is 0.720. The molecule has 2 N–H and O–H groups in total. The predicted molar refractivity (Wildman–Crippen MR) is 97.5 cm³/mol. The molecule has 0 amide bonds. The molecule has 3 aromatic rings. The summed E-state index contributed by atoms with van der Waals surface area (Å²) in [7, 11) is 1.65. The SMILES string of the molecule is COc1ccc(Nc2cc(C)nc(Nc3ccc(C)cc3)n2)cc1. The highest BCUT2D eigenvalue weighted by molar-refractivity contribution is 5.60. The van der Waals surface area contributed by atoms with Crippen LogP contribution in [0.15, 0.2) is 54.6 Å². The molecule has 0 fully saturated rings. The molecule has 5 heteroatoms. The lowest BCUT2D eigenvalue weighted by atomic mass is 10.2. The highest BCUT2D eigenvalue weighted by Gasteiger charge is 2.04. The molecule has 0 bridgehead atoms. The van der Waals surface area contributed by atoms with Crippen LogP contribution in [0, 0.1) is 13.8 Å². The molecule has 0 saturated carbocycles. The van der Waals surface area contributed by atoms with Gasteiger partial charge in [-0.2, -0.15) is 4.98 Å². The van der Waals surface area contributed by atoms with Crippen LogP contribution < -0.4 is 15.4 Å². The van der Waals surface area contributed by atoms with Crippen molar-refractivity contribution < 1.29 is 4.74 Å². The molecule has 0 aliphatic rings. The van der Waals surface area contributed by atoms with Gasteiger partial charge in [0.2, 0.25) is 5.95 Å². The molecule has 0 saturated heterocycles. The average Bonchev–Trinajstić information content (AvgIpc) is 2.57. The fraction of sp³-hybridized carbons (Fsp3) is 0.158. The number of aromatic nitrogens is 2. The van der Waals surface area contributed by atoms with Gasteiger partial charge >= 0.3 is 0 Å². The van der Waals surface area contributed by atoms with Crippen molar-refractivity contribution in [3.05, 3.63) is 65.9 Å². The Balaban J connectivity index is 1.78. The Bertz CT molecular complexity index is 814. The summed E-state index contributed by atoms with van der Waals surface area (Å²) in [5.41, 5.74) is 4.00. The first-order chi connectivity index (χ1) is 11.6. The molecule has 0 atom stereocenters. The number of hydrogen-bond donors (Lipinski definition) is 2. The van der Waals surface area contributed by atoms with Crippen molar-refractivity contribution >= 4 is 23.1 Å². The summed E-state index contributed by atoms with van der Waals surface area (Å²) in [4.78, 5) is 8.96. The van der Waals surface area contributed by atoms with Gasteiger partial charge in [-0.1, -0.05) is 17.7 Å². The molecule has 0 spiro atoms. The summed E-state index contributed by atoms with van der Waals surface area (Å²) < 4.78 is 5.17. The summed E-state index contributed by atoms with van der Waals surface area (Å²) in [6.45, 7) is 4.00. The molecule has 0 unspecified atom stereocenters. The van der Waals surface area contributed by atoms with E-state index in [1.165, 1.54) is 5.56 Å². The topological polar surface area (TPSA) is 59.1 Å². The normalized spacial score (nSPS) is 10.3. The van der Waals surface area contributed by atoms with E-state index < -0.39 is 0 Å². The Morgan fingerprint density at radius 3 is 2.08 bits per heavy atom. The third-order valence-corrected chi connectivity index (χ3v) is 3.52. The maximum absolute atomic E-state index is 5.17. The van der Waals surface area contributed by atoms with Gasteiger partial charge in [0.15, 0.2) is 0 Å². The molecule has 0 aliphatic heterocycles. The van der Waals surface area contributed by atoms with Gasteiger partial charge in [0.1, 0.15) is 11.6 Å². The van der Waals surface area contributed by atoms with Crippen molar-refractivity contribution in [2.45, 2.75) is 13.8 Å². The maximum atomic E-state index is 5.17. The van der Waals surface area contributed by atoms with Gasteiger partial charge < -0.3 is 15.4 Å². The van der Waals surface area contributed by atoms with Gasteiger partial charge in [-0.15, -0.1) is 0 Å². The van der Waals surface area contributed by atoms with E-state index in [1.807, 2.05) is 49.4 Å². The van der Waals surface area contributed by atoms with Gasteiger partial charge in [0, 0.05) is 23.1 Å². The van der Waals surface area contributed by atoms with E-state index in [4.69, 9.17) is 4.74 Å². The zero-order valence-corrected chi connectivity index (χ0v) is 14.0. The smallest absolute Gasteiger partial charge is 0.229 e. The van der Waals surface area contributed by atoms with Crippen LogP contribution in [-0.4, -0.2) is 17.1 Å². The first-order valence-electron chi connectivity index (χ1n) is 7.73. The second-order valence-corrected chi connectivity index (χ2v) is 5.56. The molecular formula is C19H20N4O. The zero-order valence-electron chi connectivity index (χ0n) is 14.0. The number of hydrogen-bond acceptors (Lipinski definition) is 5. The van der Waals surface area contributed by atoms with Crippen LogP contribution in [0.4, 0.5) is 23.1 Å². The number of aryl methyl sites for hydroxylation is 2. The molecule has 24 heavy (non-hydrogen) atoms. The van der Waals surface area contributed by atoms with Crippen LogP contribution in [0.5, 0.6) is 5.75 Å². The summed E-state index contributed by atoms with van der Waals surface area (Å²) >= 11 is 0. The van der Waals surface area contributed by atoms with E-state index in [9.17, 15) is 0 Å². The summed E-state index contributed by atoms with van der Waals surface area (Å²) in [6.07, 6.45) is 0. The lowest BCUT2D eigenvalue weighted by Crippen LogP contribution is -2.02. The number of rotatable bonds is 5. The van der Waals surface area contributed by atoms with Crippen molar-refractivity contribution in [2.24, 2.45) is 0 Å². The molecule has 1 heterocycles. The highest BCUT2D eigenvalue weighted by Crippen LogP contribution is 2.21. The van der Waals surface area contributed by atoms with Crippen LogP contribution in [0.3, 0.4) is 0 Å². The minimum absolute atomic E-state index is 0.565. The Kier molecular flexibility index (Phi) is 4.61. The Hall–Kier alpha value is -3.08. The van der Waals surface area contributed by atoms with Crippen LogP contribution in [0.2, 0.25) is 0 Å².